The highest BCUT2D eigenvalue weighted by Crippen LogP contribution is 1.63. The summed E-state index contributed by atoms with van der Waals surface area (Å²) in [5, 5.41) is 2.32. The predicted molar refractivity (Wildman–Crippen MR) is 27.5 cm³/mol. The van der Waals surface area contributed by atoms with Crippen LogP contribution in [0.4, 0.5) is 0 Å². The number of carbonyl (C=O) groups excluding carboxylic acids is 1. The third-order valence-electron chi connectivity index (χ3n) is 0.309. The van der Waals surface area contributed by atoms with Crippen molar-refractivity contribution >= 4 is 19.0 Å². The number of thiol groups is 1. The molecule has 0 atom stereocenters. The Morgan fingerprint density at radius 2 is 2.50 bits per heavy atom. The van der Waals surface area contributed by atoms with E-state index in [1.807, 2.05) is 0 Å². The van der Waals surface area contributed by atoms with Gasteiger partial charge in [-0.25, -0.2) is 0 Å². The van der Waals surface area contributed by atoms with Gasteiger partial charge in [0.2, 0.25) is 0 Å². The van der Waals surface area contributed by atoms with Crippen LogP contribution in [-0.2, 0) is 4.79 Å². The minimum atomic E-state index is 0.604. The lowest BCUT2D eigenvalue weighted by Crippen LogP contribution is -2.12. The van der Waals surface area contributed by atoms with Gasteiger partial charge in [0, 0.05) is 12.3 Å². The molecule has 0 aromatic rings. The van der Waals surface area contributed by atoms with E-state index in [1.54, 1.807) is 0 Å². The second kappa shape index (κ2) is 4.82. The summed E-state index contributed by atoms with van der Waals surface area (Å²) in [4.78, 5) is 9.29. The quantitative estimate of drug-likeness (QED) is 0.284. The lowest BCUT2D eigenvalue weighted by atomic mass is 10.8. The summed E-state index contributed by atoms with van der Waals surface area (Å²) in [6, 6.07) is 0. The van der Waals surface area contributed by atoms with E-state index < -0.39 is 0 Å². The molecule has 3 heteroatoms. The van der Waals surface area contributed by atoms with Crippen molar-refractivity contribution in [1.82, 2.24) is 5.32 Å². The highest BCUT2D eigenvalue weighted by atomic mass is 32.1. The van der Waals surface area contributed by atoms with Gasteiger partial charge in [-0.3, -0.25) is 4.79 Å². The Bertz CT molecular complexity index is 39.8. The molecule has 0 spiro atoms. The largest absolute Gasteiger partial charge is 0.347 e. The lowest BCUT2D eigenvalue weighted by molar-refractivity contribution is 0.544. The molecule has 2 nitrogen and oxygen atoms in total. The van der Waals surface area contributed by atoms with Crippen LogP contribution in [0.5, 0.6) is 0 Å². The summed E-state index contributed by atoms with van der Waals surface area (Å²) in [5.74, 6) is 0.676. The SMILES string of the molecule is O=[C]NCCS. The van der Waals surface area contributed by atoms with Gasteiger partial charge in [-0.2, -0.15) is 12.6 Å². The van der Waals surface area contributed by atoms with E-state index in [0.717, 1.165) is 0 Å². The van der Waals surface area contributed by atoms with Crippen LogP contribution < -0.4 is 5.32 Å². The molecule has 0 saturated carbocycles. The van der Waals surface area contributed by atoms with E-state index in [4.69, 9.17) is 0 Å². The van der Waals surface area contributed by atoms with Crippen molar-refractivity contribution in [2.24, 2.45) is 0 Å². The fourth-order valence-corrected chi connectivity index (χ4v) is 0.219. The van der Waals surface area contributed by atoms with Crippen LogP contribution in [0.1, 0.15) is 0 Å². The Labute approximate surface area is 42.3 Å². The van der Waals surface area contributed by atoms with E-state index >= 15 is 0 Å². The van der Waals surface area contributed by atoms with Crippen molar-refractivity contribution in [3.63, 3.8) is 0 Å². The van der Waals surface area contributed by atoms with Crippen molar-refractivity contribution in [2.75, 3.05) is 12.3 Å². The molecular weight excluding hydrogens is 98.1 g/mol. The van der Waals surface area contributed by atoms with Gasteiger partial charge in [-0.05, 0) is 0 Å². The van der Waals surface area contributed by atoms with Gasteiger partial charge < -0.3 is 5.32 Å². The summed E-state index contributed by atoms with van der Waals surface area (Å²) >= 11 is 3.81. The molecule has 0 aliphatic rings. The molecule has 0 heterocycles. The number of amides is 1. The Balaban J connectivity index is 2.49. The summed E-state index contributed by atoms with van der Waals surface area (Å²) in [6.45, 7) is 0.604. The van der Waals surface area contributed by atoms with E-state index in [9.17, 15) is 4.79 Å². The summed E-state index contributed by atoms with van der Waals surface area (Å²) < 4.78 is 0. The van der Waals surface area contributed by atoms with Crippen LogP contribution in [0, 0.1) is 0 Å². The van der Waals surface area contributed by atoms with Crippen LogP contribution in [0.25, 0.3) is 0 Å². The Kier molecular flexibility index (Phi) is 4.68. The van der Waals surface area contributed by atoms with E-state index in [1.165, 1.54) is 6.41 Å². The van der Waals surface area contributed by atoms with Crippen molar-refractivity contribution in [2.45, 2.75) is 0 Å². The first-order valence-corrected chi connectivity index (χ1v) is 2.26. The first-order chi connectivity index (χ1) is 2.91. The second-order valence-corrected chi connectivity index (χ2v) is 1.20. The molecule has 1 N–H and O–H groups in total. The zero-order valence-electron chi connectivity index (χ0n) is 3.27. The van der Waals surface area contributed by atoms with Crippen LogP contribution in [-0.4, -0.2) is 18.7 Å². The predicted octanol–water partition coefficient (Wildman–Crippen LogP) is -0.427. The van der Waals surface area contributed by atoms with Gasteiger partial charge in [0.25, 0.3) is 0 Å². The van der Waals surface area contributed by atoms with Crippen molar-refractivity contribution in [1.29, 1.82) is 0 Å². The van der Waals surface area contributed by atoms with Gasteiger partial charge in [0.1, 0.15) is 0 Å². The second-order valence-electron chi connectivity index (χ2n) is 0.752. The van der Waals surface area contributed by atoms with Crippen molar-refractivity contribution < 1.29 is 4.79 Å². The van der Waals surface area contributed by atoms with Crippen LogP contribution in [0.2, 0.25) is 0 Å². The zero-order valence-corrected chi connectivity index (χ0v) is 4.16. The molecular formula is C3H6NOS. The molecule has 1 amide bonds. The molecule has 0 unspecified atom stereocenters. The van der Waals surface area contributed by atoms with Gasteiger partial charge in [0.15, 0.2) is 0 Å². The van der Waals surface area contributed by atoms with E-state index in [2.05, 4.69) is 17.9 Å². The smallest absolute Gasteiger partial charge is 0.309 e. The molecule has 0 rings (SSSR count). The molecule has 6 heavy (non-hydrogen) atoms. The maximum Gasteiger partial charge on any atom is 0.309 e. The molecule has 35 valence electrons. The Hall–Kier alpha value is -0.180. The number of nitrogens with one attached hydrogen (secondary N) is 1. The minimum absolute atomic E-state index is 0.604. The number of rotatable bonds is 3. The van der Waals surface area contributed by atoms with Gasteiger partial charge in [0.05, 0.1) is 0 Å². The van der Waals surface area contributed by atoms with Crippen LogP contribution >= 0.6 is 12.6 Å². The number of hydrogen-bond acceptors (Lipinski definition) is 2. The number of hydrogen-bond donors (Lipinski definition) is 2. The van der Waals surface area contributed by atoms with Gasteiger partial charge in [-0.15, -0.1) is 0 Å². The summed E-state index contributed by atoms with van der Waals surface area (Å²) in [6.07, 6.45) is 1.52. The average Bonchev–Trinajstić information content (AvgIpc) is 1.61. The van der Waals surface area contributed by atoms with Crippen molar-refractivity contribution in [3.05, 3.63) is 0 Å². The fourth-order valence-electron chi connectivity index (χ4n) is 0.107. The first kappa shape index (κ1) is 5.82. The maximum atomic E-state index is 9.29. The highest BCUT2D eigenvalue weighted by Gasteiger charge is 1.72. The third-order valence-corrected chi connectivity index (χ3v) is 0.533. The minimum Gasteiger partial charge on any atom is -0.347 e. The Morgan fingerprint density at radius 3 is 2.67 bits per heavy atom. The standard InChI is InChI=1S/C3H6NOS/c5-3-4-1-2-6/h6H,1-2H2,(H,4,5). The molecule has 0 aliphatic carbocycles. The van der Waals surface area contributed by atoms with Crippen LogP contribution in [0.3, 0.4) is 0 Å². The maximum absolute atomic E-state index is 9.29. The van der Waals surface area contributed by atoms with Crippen LogP contribution in [0.15, 0.2) is 0 Å². The summed E-state index contributed by atoms with van der Waals surface area (Å²) in [5.41, 5.74) is 0. The van der Waals surface area contributed by atoms with Crippen molar-refractivity contribution in [3.8, 4) is 0 Å². The third kappa shape index (κ3) is 3.82. The molecule has 0 bridgehead atoms. The fraction of sp³-hybridized carbons (Fsp3) is 0.667. The average molecular weight is 104 g/mol. The molecule has 0 fully saturated rings. The molecule has 0 saturated heterocycles. The molecule has 0 aromatic heterocycles. The first-order valence-electron chi connectivity index (χ1n) is 1.62. The van der Waals surface area contributed by atoms with E-state index in [-0.39, 0.29) is 0 Å². The van der Waals surface area contributed by atoms with E-state index in [0.29, 0.717) is 12.3 Å². The normalized spacial score (nSPS) is 7.50. The topological polar surface area (TPSA) is 29.1 Å². The summed E-state index contributed by atoms with van der Waals surface area (Å²) in [7, 11) is 0. The van der Waals surface area contributed by atoms with Gasteiger partial charge in [-0.1, -0.05) is 0 Å². The molecule has 0 aliphatic heterocycles. The lowest BCUT2D eigenvalue weighted by Gasteiger charge is -1.84. The van der Waals surface area contributed by atoms with Gasteiger partial charge >= 0.3 is 6.41 Å². The monoisotopic (exact) mass is 104 g/mol. The Morgan fingerprint density at radius 1 is 1.83 bits per heavy atom. The highest BCUT2D eigenvalue weighted by molar-refractivity contribution is 7.80. The molecule has 1 radical (unpaired) electrons. The molecule has 0 aromatic carbocycles. The zero-order chi connectivity index (χ0) is 4.83.